The molecule has 2 atom stereocenters. The molecule has 0 aromatic heterocycles. The Morgan fingerprint density at radius 2 is 1.85 bits per heavy atom. The molecular formula is C13H24N2O4S. The van der Waals surface area contributed by atoms with Crippen molar-refractivity contribution in [2.45, 2.75) is 39.2 Å². The van der Waals surface area contributed by atoms with Gasteiger partial charge in [-0.1, -0.05) is 13.3 Å². The number of rotatable bonds is 6. The van der Waals surface area contributed by atoms with Crippen LogP contribution in [0.3, 0.4) is 0 Å². The van der Waals surface area contributed by atoms with Crippen molar-refractivity contribution in [1.29, 1.82) is 0 Å². The summed E-state index contributed by atoms with van der Waals surface area (Å²) in [6, 6.07) is -0.0867. The molecule has 0 radical (unpaired) electrons. The van der Waals surface area contributed by atoms with Gasteiger partial charge in [-0.2, -0.15) is 0 Å². The topological polar surface area (TPSA) is 86.7 Å². The molecule has 0 aromatic rings. The Morgan fingerprint density at radius 1 is 1.25 bits per heavy atom. The normalized spacial score (nSPS) is 19.4. The predicted octanol–water partition coefficient (Wildman–Crippen LogP) is 1.04. The fraction of sp³-hybridized carbons (Fsp3) is 0.846. The zero-order valence-electron chi connectivity index (χ0n) is 12.1. The molecule has 0 bridgehead atoms. The van der Waals surface area contributed by atoms with Gasteiger partial charge in [-0.3, -0.25) is 9.00 Å². The van der Waals surface area contributed by atoms with Crippen LogP contribution >= 0.6 is 0 Å². The third-order valence-electron chi connectivity index (χ3n) is 3.53. The molecule has 1 fully saturated rings. The van der Waals surface area contributed by atoms with Gasteiger partial charge in [0.2, 0.25) is 0 Å². The van der Waals surface area contributed by atoms with Gasteiger partial charge in [-0.15, -0.1) is 0 Å². The number of nitrogens with one attached hydrogen (secondary N) is 1. The van der Waals surface area contributed by atoms with E-state index in [1.165, 1.54) is 0 Å². The van der Waals surface area contributed by atoms with Crippen LogP contribution in [0.1, 0.15) is 33.1 Å². The Bertz CT molecular complexity index is 365. The molecule has 2 unspecified atom stereocenters. The Morgan fingerprint density at radius 3 is 2.40 bits per heavy atom. The van der Waals surface area contributed by atoms with Gasteiger partial charge < -0.3 is 15.3 Å². The third-order valence-corrected chi connectivity index (χ3v) is 4.81. The lowest BCUT2D eigenvalue weighted by Gasteiger charge is -2.28. The van der Waals surface area contributed by atoms with Gasteiger partial charge in [0.1, 0.15) is 0 Å². The number of carboxylic acids is 1. The van der Waals surface area contributed by atoms with Crippen LogP contribution in [0.2, 0.25) is 0 Å². The summed E-state index contributed by atoms with van der Waals surface area (Å²) in [6.07, 6.45) is 2.17. The summed E-state index contributed by atoms with van der Waals surface area (Å²) in [5, 5.41) is 11.7. The molecule has 2 amide bonds. The number of hydrogen-bond donors (Lipinski definition) is 2. The number of urea groups is 1. The quantitative estimate of drug-likeness (QED) is 0.767. The molecule has 0 aromatic carbocycles. The Balaban J connectivity index is 2.21. The number of hydrogen-bond acceptors (Lipinski definition) is 3. The second-order valence-corrected chi connectivity index (χ2v) is 7.05. The first kappa shape index (κ1) is 16.9. The molecule has 0 spiro atoms. The summed E-state index contributed by atoms with van der Waals surface area (Å²) < 4.78 is 11.2. The SMILES string of the molecule is CC(CCCC(C)C(=O)O)NC(=O)N1CCS(=O)CC1. The molecule has 1 aliphatic rings. The van der Waals surface area contributed by atoms with Gasteiger partial charge in [-0.05, 0) is 19.8 Å². The average molecular weight is 304 g/mol. The fourth-order valence-electron chi connectivity index (χ4n) is 2.07. The van der Waals surface area contributed by atoms with Crippen LogP contribution in [0.5, 0.6) is 0 Å². The van der Waals surface area contributed by atoms with Crippen LogP contribution in [0.15, 0.2) is 0 Å². The molecule has 2 N–H and O–H groups in total. The van der Waals surface area contributed by atoms with Crippen molar-refractivity contribution in [2.75, 3.05) is 24.6 Å². The van der Waals surface area contributed by atoms with E-state index in [4.69, 9.17) is 5.11 Å². The standard InChI is InChI=1S/C13H24N2O4S/c1-10(12(16)17)4-3-5-11(2)14-13(18)15-6-8-20(19)9-7-15/h10-11H,3-9H2,1-2H3,(H,14,18)(H,16,17). The lowest BCUT2D eigenvalue weighted by Crippen LogP contribution is -2.49. The number of aliphatic carboxylic acids is 1. The van der Waals surface area contributed by atoms with E-state index in [1.54, 1.807) is 11.8 Å². The first-order valence-corrected chi connectivity index (χ1v) is 8.52. The first-order valence-electron chi connectivity index (χ1n) is 7.03. The summed E-state index contributed by atoms with van der Waals surface area (Å²) in [5.74, 6) is -0.00598. The highest BCUT2D eigenvalue weighted by atomic mass is 32.2. The Kier molecular flexibility index (Phi) is 6.98. The zero-order valence-corrected chi connectivity index (χ0v) is 12.9. The second-order valence-electron chi connectivity index (χ2n) is 5.36. The van der Waals surface area contributed by atoms with E-state index >= 15 is 0 Å². The summed E-state index contributed by atoms with van der Waals surface area (Å²) in [5.41, 5.74) is 0. The maximum Gasteiger partial charge on any atom is 0.317 e. The molecule has 6 nitrogen and oxygen atoms in total. The highest BCUT2D eigenvalue weighted by Crippen LogP contribution is 2.10. The summed E-state index contributed by atoms with van der Waals surface area (Å²) in [7, 11) is -0.782. The number of carbonyl (C=O) groups is 2. The minimum atomic E-state index is -0.782. The largest absolute Gasteiger partial charge is 0.481 e. The minimum absolute atomic E-state index is 0.0240. The van der Waals surface area contributed by atoms with Gasteiger partial charge in [0.15, 0.2) is 0 Å². The van der Waals surface area contributed by atoms with Crippen molar-refractivity contribution in [3.05, 3.63) is 0 Å². The van der Waals surface area contributed by atoms with Gasteiger partial charge >= 0.3 is 12.0 Å². The van der Waals surface area contributed by atoms with Crippen LogP contribution in [-0.4, -0.2) is 56.9 Å². The maximum absolute atomic E-state index is 11.9. The number of carboxylic acid groups (broad SMARTS) is 1. The average Bonchev–Trinajstić information content (AvgIpc) is 2.39. The molecule has 7 heteroatoms. The molecule has 116 valence electrons. The van der Waals surface area contributed by atoms with E-state index in [0.717, 1.165) is 12.8 Å². The highest BCUT2D eigenvalue weighted by molar-refractivity contribution is 7.85. The molecule has 1 saturated heterocycles. The molecule has 1 heterocycles. The Labute approximate surface area is 122 Å². The summed E-state index contributed by atoms with van der Waals surface area (Å²) in [6.45, 7) is 4.70. The van der Waals surface area contributed by atoms with Gasteiger partial charge in [0, 0.05) is 41.4 Å². The van der Waals surface area contributed by atoms with E-state index in [1.807, 2.05) is 6.92 Å². The maximum atomic E-state index is 11.9. The van der Waals surface area contributed by atoms with Crippen LogP contribution < -0.4 is 5.32 Å². The van der Waals surface area contributed by atoms with Gasteiger partial charge in [-0.25, -0.2) is 4.79 Å². The smallest absolute Gasteiger partial charge is 0.317 e. The lowest BCUT2D eigenvalue weighted by molar-refractivity contribution is -0.141. The lowest BCUT2D eigenvalue weighted by atomic mass is 10.0. The fourth-order valence-corrected chi connectivity index (χ4v) is 3.12. The highest BCUT2D eigenvalue weighted by Gasteiger charge is 2.21. The van der Waals surface area contributed by atoms with Gasteiger partial charge in [0.05, 0.1) is 5.92 Å². The molecule has 1 aliphatic heterocycles. The van der Waals surface area contributed by atoms with Crippen molar-refractivity contribution < 1.29 is 18.9 Å². The van der Waals surface area contributed by atoms with Crippen molar-refractivity contribution in [2.24, 2.45) is 5.92 Å². The van der Waals surface area contributed by atoms with Crippen LogP contribution in [0, 0.1) is 5.92 Å². The molecule has 0 aliphatic carbocycles. The van der Waals surface area contributed by atoms with E-state index in [9.17, 15) is 13.8 Å². The molecular weight excluding hydrogens is 280 g/mol. The van der Waals surface area contributed by atoms with Crippen LogP contribution in [0.4, 0.5) is 4.79 Å². The van der Waals surface area contributed by atoms with E-state index < -0.39 is 16.8 Å². The monoisotopic (exact) mass is 304 g/mol. The summed E-state index contributed by atoms with van der Waals surface area (Å²) in [4.78, 5) is 24.3. The summed E-state index contributed by atoms with van der Waals surface area (Å²) >= 11 is 0. The number of nitrogens with zero attached hydrogens (tertiary/aromatic N) is 1. The van der Waals surface area contributed by atoms with E-state index in [2.05, 4.69) is 5.32 Å². The first-order chi connectivity index (χ1) is 9.40. The number of carbonyl (C=O) groups excluding carboxylic acids is 1. The van der Waals surface area contributed by atoms with E-state index in [-0.39, 0.29) is 18.0 Å². The Hall–Kier alpha value is -1.11. The zero-order chi connectivity index (χ0) is 15.1. The minimum Gasteiger partial charge on any atom is -0.481 e. The predicted molar refractivity (Wildman–Crippen MR) is 78.1 cm³/mol. The van der Waals surface area contributed by atoms with Gasteiger partial charge in [0.25, 0.3) is 0 Å². The van der Waals surface area contributed by atoms with Crippen molar-refractivity contribution in [3.8, 4) is 0 Å². The third kappa shape index (κ3) is 5.90. The van der Waals surface area contributed by atoms with Crippen molar-refractivity contribution >= 4 is 22.8 Å². The molecule has 20 heavy (non-hydrogen) atoms. The van der Waals surface area contributed by atoms with E-state index in [0.29, 0.717) is 31.0 Å². The molecule has 0 saturated carbocycles. The second kappa shape index (κ2) is 8.24. The molecule has 1 rings (SSSR count). The van der Waals surface area contributed by atoms with Crippen molar-refractivity contribution in [1.82, 2.24) is 10.2 Å². The van der Waals surface area contributed by atoms with Crippen LogP contribution in [-0.2, 0) is 15.6 Å². The van der Waals surface area contributed by atoms with Crippen molar-refractivity contribution in [3.63, 3.8) is 0 Å². The number of amides is 2. The van der Waals surface area contributed by atoms with Crippen LogP contribution in [0.25, 0.3) is 0 Å².